The number of pyridine rings is 6. The molecule has 6 aromatic rings. The van der Waals surface area contributed by atoms with Crippen LogP contribution < -0.4 is 10.6 Å². The van der Waals surface area contributed by atoms with Crippen molar-refractivity contribution >= 4 is 45.0 Å². The van der Waals surface area contributed by atoms with Gasteiger partial charge in [-0.1, -0.05) is 0 Å². The number of aryl methyl sites for hydroxylation is 2. The highest BCUT2D eigenvalue weighted by Gasteiger charge is 2.44. The second-order valence-corrected chi connectivity index (χ2v) is 12.0. The van der Waals surface area contributed by atoms with Gasteiger partial charge in [-0.05, 0) is 74.2 Å². The minimum atomic E-state index is -1.02. The summed E-state index contributed by atoms with van der Waals surface area (Å²) in [4.78, 5) is 49.3. The summed E-state index contributed by atoms with van der Waals surface area (Å²) in [7, 11) is 0. The normalized spacial score (nSPS) is 19.2. The molecular weight excluding hydrogens is 614 g/mol. The summed E-state index contributed by atoms with van der Waals surface area (Å²) in [6.07, 6.45) is 12.5. The number of rotatable bonds is 6. The Morgan fingerprint density at radius 2 is 0.979 bits per heavy atom. The van der Waals surface area contributed by atoms with Crippen LogP contribution in [0.4, 0.5) is 20.4 Å². The molecule has 0 spiro atoms. The lowest BCUT2D eigenvalue weighted by atomic mass is 10.1. The van der Waals surface area contributed by atoms with E-state index < -0.39 is 24.2 Å². The van der Waals surface area contributed by atoms with E-state index in [1.165, 1.54) is 0 Å². The van der Waals surface area contributed by atoms with Gasteiger partial charge in [-0.3, -0.25) is 29.5 Å². The van der Waals surface area contributed by atoms with E-state index in [0.717, 1.165) is 55.2 Å². The van der Waals surface area contributed by atoms with Gasteiger partial charge in [0.1, 0.15) is 24.0 Å². The molecule has 4 atom stereocenters. The molecule has 2 aliphatic carbocycles. The maximum absolute atomic E-state index is 12.9. The number of halogens is 2. The monoisotopic (exact) mass is 644 g/mol. The first-order valence-corrected chi connectivity index (χ1v) is 15.5. The molecule has 2 saturated carbocycles. The number of amides is 2. The molecule has 0 radical (unpaired) electrons. The van der Waals surface area contributed by atoms with Gasteiger partial charge in [-0.2, -0.15) is 0 Å². The molecule has 2 N–H and O–H groups in total. The fraction of sp³-hybridized carbons (Fsp3) is 0.222. The van der Waals surface area contributed by atoms with Gasteiger partial charge in [-0.15, -0.1) is 0 Å². The van der Waals surface area contributed by atoms with Crippen molar-refractivity contribution in [3.05, 3.63) is 97.1 Å². The van der Waals surface area contributed by atoms with Gasteiger partial charge in [0, 0.05) is 82.2 Å². The van der Waals surface area contributed by atoms with E-state index in [1.54, 1.807) is 61.7 Å². The van der Waals surface area contributed by atoms with Gasteiger partial charge >= 0.3 is 0 Å². The van der Waals surface area contributed by atoms with Crippen LogP contribution in [0.25, 0.3) is 44.1 Å². The van der Waals surface area contributed by atoms with Crippen LogP contribution in [0.2, 0.25) is 0 Å². The highest BCUT2D eigenvalue weighted by atomic mass is 19.1. The fourth-order valence-electron chi connectivity index (χ4n) is 5.28. The maximum atomic E-state index is 12.9. The lowest BCUT2D eigenvalue weighted by Gasteiger charge is -2.07. The lowest BCUT2D eigenvalue weighted by molar-refractivity contribution is -0.118. The highest BCUT2D eigenvalue weighted by molar-refractivity contribution is 5.97. The average Bonchev–Trinajstić information content (AvgIpc) is 4.02. The fourth-order valence-corrected chi connectivity index (χ4v) is 5.28. The summed E-state index contributed by atoms with van der Waals surface area (Å²) in [6.45, 7) is 4.02. The molecule has 0 bridgehead atoms. The number of carbonyl (C=O) groups excluding carboxylic acids is 2. The topological polar surface area (TPSA) is 136 Å². The van der Waals surface area contributed by atoms with Crippen LogP contribution >= 0.6 is 0 Å². The van der Waals surface area contributed by atoms with Gasteiger partial charge in [-0.25, -0.2) is 18.7 Å². The first kappa shape index (κ1) is 30.9. The Balaban J connectivity index is 0.000000152. The Labute approximate surface area is 274 Å². The van der Waals surface area contributed by atoms with Crippen LogP contribution in [0.3, 0.4) is 0 Å². The molecule has 6 aromatic heterocycles. The van der Waals surface area contributed by atoms with Crippen LogP contribution in [0.15, 0.2) is 86.0 Å². The van der Waals surface area contributed by atoms with E-state index in [0.29, 0.717) is 24.5 Å². The van der Waals surface area contributed by atoms with Crippen molar-refractivity contribution < 1.29 is 18.4 Å². The first-order valence-electron chi connectivity index (χ1n) is 15.5. The smallest absolute Gasteiger partial charge is 0.231 e. The zero-order valence-electron chi connectivity index (χ0n) is 26.1. The quantitative estimate of drug-likeness (QED) is 0.207. The second-order valence-electron chi connectivity index (χ2n) is 12.0. The molecule has 2 fully saturated rings. The van der Waals surface area contributed by atoms with Crippen molar-refractivity contribution in [2.75, 3.05) is 10.6 Å². The summed E-state index contributed by atoms with van der Waals surface area (Å²) in [6, 6.07) is 11.3. The summed E-state index contributed by atoms with van der Waals surface area (Å²) < 4.78 is 25.8. The third kappa shape index (κ3) is 6.68. The minimum Gasteiger partial charge on any atom is -0.310 e. The molecule has 0 aliphatic heterocycles. The van der Waals surface area contributed by atoms with Crippen molar-refractivity contribution in [1.82, 2.24) is 29.9 Å². The average molecular weight is 645 g/mol. The highest BCUT2D eigenvalue weighted by Crippen LogP contribution is 2.36. The molecule has 2 aliphatic rings. The standard InChI is InChI=1S/2C18H15FN4O/c2*1-10-2-3-20-9-14(10)16-4-11-8-22-17(5-12(11)7-21-16)23-18(24)13-6-15(13)19/h2*2-5,7-9,13,15H,6H2,1H3,(H,22,23,24)/t2*13-,15-/m10/s1. The van der Waals surface area contributed by atoms with Crippen molar-refractivity contribution in [1.29, 1.82) is 0 Å². The number of aromatic nitrogens is 6. The van der Waals surface area contributed by atoms with Gasteiger partial charge in [0.2, 0.25) is 11.8 Å². The van der Waals surface area contributed by atoms with Gasteiger partial charge in [0.25, 0.3) is 0 Å². The molecule has 10 nitrogen and oxygen atoms in total. The van der Waals surface area contributed by atoms with Crippen molar-refractivity contribution in [2.24, 2.45) is 11.8 Å². The number of nitrogens with one attached hydrogen (secondary N) is 2. The molecule has 0 unspecified atom stereocenters. The number of alkyl halides is 2. The molecule has 240 valence electrons. The molecule has 2 amide bonds. The zero-order valence-corrected chi connectivity index (χ0v) is 26.1. The third-order valence-electron chi connectivity index (χ3n) is 8.44. The van der Waals surface area contributed by atoms with Gasteiger partial charge in [0.15, 0.2) is 0 Å². The van der Waals surface area contributed by atoms with E-state index >= 15 is 0 Å². The van der Waals surface area contributed by atoms with Crippen molar-refractivity contribution in [2.45, 2.75) is 39.0 Å². The molecule has 8 rings (SSSR count). The Bertz CT molecular complexity index is 2040. The van der Waals surface area contributed by atoms with Gasteiger partial charge in [0.05, 0.1) is 23.2 Å². The zero-order chi connectivity index (χ0) is 33.4. The SMILES string of the molecule is Cc1ccncc1-c1cc2cnc(NC(=O)[C@@H]3C[C@H]3F)cc2cn1.Cc1ccncc1-c1cc2cnc(NC(=O)[C@H]3C[C@@H]3F)cc2cn1. The number of hydrogen-bond donors (Lipinski definition) is 2. The maximum Gasteiger partial charge on any atom is 0.231 e. The first-order chi connectivity index (χ1) is 23.2. The molecule has 6 heterocycles. The Morgan fingerprint density at radius 1 is 0.604 bits per heavy atom. The number of anilines is 2. The molecule has 0 aromatic carbocycles. The number of hydrogen-bond acceptors (Lipinski definition) is 8. The van der Waals surface area contributed by atoms with E-state index in [1.807, 2.05) is 38.1 Å². The summed E-state index contributed by atoms with van der Waals surface area (Å²) in [5.41, 5.74) is 5.78. The van der Waals surface area contributed by atoms with E-state index in [9.17, 15) is 18.4 Å². The van der Waals surface area contributed by atoms with Crippen LogP contribution in [0, 0.1) is 25.7 Å². The molecule has 48 heavy (non-hydrogen) atoms. The summed E-state index contributed by atoms with van der Waals surface area (Å²) >= 11 is 0. The predicted octanol–water partition coefficient (Wildman–Crippen LogP) is 6.59. The number of carbonyl (C=O) groups is 2. The summed E-state index contributed by atoms with van der Waals surface area (Å²) in [5.74, 6) is -0.861. The Morgan fingerprint density at radius 3 is 1.35 bits per heavy atom. The Hall–Kier alpha value is -5.78. The summed E-state index contributed by atoms with van der Waals surface area (Å²) in [5, 5.41) is 8.85. The van der Waals surface area contributed by atoms with Crippen molar-refractivity contribution in [3.8, 4) is 22.5 Å². The molecular formula is C36H30F2N8O2. The molecule has 0 saturated heterocycles. The second kappa shape index (κ2) is 12.8. The number of fused-ring (bicyclic) bond motifs is 2. The van der Waals surface area contributed by atoms with Crippen LogP contribution in [-0.2, 0) is 9.59 Å². The predicted molar refractivity (Wildman–Crippen MR) is 178 cm³/mol. The Kier molecular flexibility index (Phi) is 8.22. The van der Waals surface area contributed by atoms with Crippen LogP contribution in [-0.4, -0.2) is 54.1 Å². The van der Waals surface area contributed by atoms with E-state index in [-0.39, 0.29) is 11.8 Å². The van der Waals surface area contributed by atoms with E-state index in [4.69, 9.17) is 0 Å². The van der Waals surface area contributed by atoms with Gasteiger partial charge < -0.3 is 10.6 Å². The number of nitrogens with zero attached hydrogens (tertiary/aromatic N) is 6. The molecule has 12 heteroatoms. The largest absolute Gasteiger partial charge is 0.310 e. The van der Waals surface area contributed by atoms with E-state index in [2.05, 4.69) is 40.5 Å². The van der Waals surface area contributed by atoms with Crippen molar-refractivity contribution in [3.63, 3.8) is 0 Å². The third-order valence-corrected chi connectivity index (χ3v) is 8.44. The van der Waals surface area contributed by atoms with Crippen LogP contribution in [0.5, 0.6) is 0 Å². The minimum absolute atomic E-state index is 0.300. The van der Waals surface area contributed by atoms with Crippen LogP contribution in [0.1, 0.15) is 24.0 Å². The lowest BCUT2D eigenvalue weighted by Crippen LogP contribution is -2.15.